The van der Waals surface area contributed by atoms with Crippen LogP contribution >= 0.6 is 0 Å². The lowest BCUT2D eigenvalue weighted by atomic mass is 9.94. The van der Waals surface area contributed by atoms with Gasteiger partial charge in [-0.05, 0) is 6.92 Å². The Morgan fingerprint density at radius 2 is 0.897 bits per heavy atom. The zero-order chi connectivity index (χ0) is 42.9. The van der Waals surface area contributed by atoms with Gasteiger partial charge in [0, 0.05) is 6.92 Å². The van der Waals surface area contributed by atoms with Crippen molar-refractivity contribution in [1.29, 1.82) is 0 Å². The maximum Gasteiger partial charge on any atom is 0.217 e. The molecule has 5 rings (SSSR count). The van der Waals surface area contributed by atoms with Crippen molar-refractivity contribution in [1.82, 2.24) is 5.32 Å². The Balaban J connectivity index is 1.49. The number of carbonyl (C=O) groups is 1. The maximum absolute atomic E-state index is 12.4. The Labute approximate surface area is 329 Å². The molecule has 1 amide bonds. The summed E-state index contributed by atoms with van der Waals surface area (Å²) < 4.78 is 51.3. The summed E-state index contributed by atoms with van der Waals surface area (Å²) >= 11 is 0. The highest BCUT2D eigenvalue weighted by atomic mass is 16.8. The third-order valence-corrected chi connectivity index (χ3v) is 10.7. The summed E-state index contributed by atoms with van der Waals surface area (Å²) in [5, 5.41) is 160. The third kappa shape index (κ3) is 9.75. The van der Waals surface area contributed by atoms with Gasteiger partial charge in [-0.1, -0.05) is 0 Å². The summed E-state index contributed by atoms with van der Waals surface area (Å²) in [6.45, 7) is -1.36. The van der Waals surface area contributed by atoms with Crippen molar-refractivity contribution in [2.45, 2.75) is 167 Å². The van der Waals surface area contributed by atoms with Crippen LogP contribution in [-0.4, -0.2) is 262 Å². The first-order chi connectivity index (χ1) is 27.4. The van der Waals surface area contributed by atoms with Crippen molar-refractivity contribution < 1.29 is 124 Å². The van der Waals surface area contributed by atoms with Gasteiger partial charge >= 0.3 is 0 Å². The summed E-state index contributed by atoms with van der Waals surface area (Å²) in [7, 11) is 0. The van der Waals surface area contributed by atoms with Crippen LogP contribution in [0.1, 0.15) is 13.8 Å². The number of carbonyl (C=O) groups excluding carboxylic acids is 1. The van der Waals surface area contributed by atoms with Crippen molar-refractivity contribution in [3.63, 3.8) is 0 Å². The van der Waals surface area contributed by atoms with E-state index in [1.165, 1.54) is 6.92 Å². The van der Waals surface area contributed by atoms with E-state index < -0.39 is 186 Å². The van der Waals surface area contributed by atoms with E-state index in [1.807, 2.05) is 0 Å². The van der Waals surface area contributed by atoms with Crippen molar-refractivity contribution >= 4 is 5.91 Å². The molecular formula is C32H55NO25. The van der Waals surface area contributed by atoms with Gasteiger partial charge in [-0.3, -0.25) is 4.79 Å². The zero-order valence-electron chi connectivity index (χ0n) is 31.1. The molecule has 0 aromatic carbocycles. The van der Waals surface area contributed by atoms with Crippen LogP contribution in [0.3, 0.4) is 0 Å². The predicted molar refractivity (Wildman–Crippen MR) is 177 cm³/mol. The van der Waals surface area contributed by atoms with Crippen molar-refractivity contribution in [2.24, 2.45) is 0 Å². The molecule has 16 N–H and O–H groups in total. The normalized spacial score (nSPS) is 51.6. The fraction of sp³-hybridized carbons (Fsp3) is 0.969. The zero-order valence-corrected chi connectivity index (χ0v) is 31.1. The topological polar surface area (TPSA) is 416 Å². The largest absolute Gasteiger partial charge is 0.394 e. The molecule has 5 aliphatic rings. The standard InChI is InChI=1S/C32H55NO25/c1-7-14(39)19(44)21(46)30(50-7)58-27-26(57-31-22(47)20(45)15(40)9(3-34)52-31)17(42)11(5-36)53-32(27)55-24-12(6-37)54-29(13(18(24)43)33-8(2)38)56-25-16(41)10(4-35)51-28(49)23(25)48/h7,9-32,34-37,39-49H,3-6H2,1-2H3,(H,33,38). The van der Waals surface area contributed by atoms with E-state index in [4.69, 9.17) is 42.6 Å². The van der Waals surface area contributed by atoms with Crippen LogP contribution in [0.5, 0.6) is 0 Å². The SMILES string of the molecule is CC(=O)NC1C(OC2C(O)C(O)OC(CO)C2O)OC(CO)C(OC2OC(CO)C(O)C(OC3OC(CO)C(O)C(O)C3O)C2OC2OC(C)C(O)C(O)C2O)C1O. The van der Waals surface area contributed by atoms with E-state index in [2.05, 4.69) is 5.32 Å². The molecule has 26 nitrogen and oxygen atoms in total. The molecule has 5 aliphatic heterocycles. The summed E-state index contributed by atoms with van der Waals surface area (Å²) in [6, 6.07) is -1.69. The number of aliphatic hydroxyl groups excluding tert-OH is 15. The van der Waals surface area contributed by atoms with Crippen molar-refractivity contribution in [3.05, 3.63) is 0 Å². The molecule has 5 heterocycles. The lowest BCUT2D eigenvalue weighted by Gasteiger charge is -2.51. The molecule has 26 heteroatoms. The van der Waals surface area contributed by atoms with E-state index in [9.17, 15) is 81.4 Å². The van der Waals surface area contributed by atoms with Crippen LogP contribution < -0.4 is 5.32 Å². The minimum Gasteiger partial charge on any atom is -0.394 e. The number of amides is 1. The minimum absolute atomic E-state index is 0.798. The first kappa shape index (κ1) is 47.6. The van der Waals surface area contributed by atoms with Crippen LogP contribution in [0.25, 0.3) is 0 Å². The van der Waals surface area contributed by atoms with Gasteiger partial charge in [-0.2, -0.15) is 0 Å². The summed E-state index contributed by atoms with van der Waals surface area (Å²) in [5.74, 6) is -0.798. The number of hydrogen-bond acceptors (Lipinski definition) is 25. The summed E-state index contributed by atoms with van der Waals surface area (Å²) in [4.78, 5) is 12.4. The molecule has 0 bridgehead atoms. The molecule has 0 aromatic rings. The Morgan fingerprint density at radius 1 is 0.448 bits per heavy atom. The maximum atomic E-state index is 12.4. The van der Waals surface area contributed by atoms with E-state index in [1.54, 1.807) is 0 Å². The highest BCUT2D eigenvalue weighted by Gasteiger charge is 2.57. The first-order valence-electron chi connectivity index (χ1n) is 18.5. The van der Waals surface area contributed by atoms with Gasteiger partial charge < -0.3 is 125 Å². The number of ether oxygens (including phenoxy) is 9. The molecule has 58 heavy (non-hydrogen) atoms. The molecule has 5 saturated heterocycles. The van der Waals surface area contributed by atoms with Gasteiger partial charge in [0.05, 0.1) is 32.5 Å². The Morgan fingerprint density at radius 3 is 1.48 bits per heavy atom. The van der Waals surface area contributed by atoms with E-state index in [-0.39, 0.29) is 0 Å². The Hall–Kier alpha value is -1.49. The third-order valence-electron chi connectivity index (χ3n) is 10.7. The lowest BCUT2D eigenvalue weighted by molar-refractivity contribution is -0.404. The minimum atomic E-state index is -2.06. The molecule has 25 unspecified atom stereocenters. The highest BCUT2D eigenvalue weighted by molar-refractivity contribution is 5.73. The van der Waals surface area contributed by atoms with E-state index in [0.29, 0.717) is 0 Å². The lowest BCUT2D eigenvalue weighted by Crippen LogP contribution is -2.70. The Bertz CT molecular complexity index is 1310. The van der Waals surface area contributed by atoms with Crippen LogP contribution in [0, 0.1) is 0 Å². The highest BCUT2D eigenvalue weighted by Crippen LogP contribution is 2.37. The van der Waals surface area contributed by atoms with Crippen LogP contribution in [0.2, 0.25) is 0 Å². The second-order valence-corrected chi connectivity index (χ2v) is 14.7. The van der Waals surface area contributed by atoms with E-state index >= 15 is 0 Å². The summed E-state index contributed by atoms with van der Waals surface area (Å²) in [6.07, 6.45) is -43.9. The molecule has 0 aliphatic carbocycles. The smallest absolute Gasteiger partial charge is 0.217 e. The molecule has 0 saturated carbocycles. The number of aliphatic hydroxyl groups is 15. The molecule has 5 fully saturated rings. The molecule has 0 radical (unpaired) electrons. The van der Waals surface area contributed by atoms with Crippen molar-refractivity contribution in [2.75, 3.05) is 26.4 Å². The van der Waals surface area contributed by atoms with Crippen molar-refractivity contribution in [3.8, 4) is 0 Å². The molecule has 338 valence electrons. The first-order valence-corrected chi connectivity index (χ1v) is 18.5. The van der Waals surface area contributed by atoms with Gasteiger partial charge in [0.2, 0.25) is 5.91 Å². The van der Waals surface area contributed by atoms with Gasteiger partial charge in [0.15, 0.2) is 31.5 Å². The van der Waals surface area contributed by atoms with E-state index in [0.717, 1.165) is 6.92 Å². The monoisotopic (exact) mass is 853 g/mol. The number of nitrogens with one attached hydrogen (secondary N) is 1. The van der Waals surface area contributed by atoms with Crippen LogP contribution in [0.15, 0.2) is 0 Å². The average molecular weight is 854 g/mol. The Kier molecular flexibility index (Phi) is 16.5. The van der Waals surface area contributed by atoms with Gasteiger partial charge in [-0.25, -0.2) is 0 Å². The molecule has 0 aromatic heterocycles. The average Bonchev–Trinajstić information content (AvgIpc) is 3.19. The van der Waals surface area contributed by atoms with Crippen LogP contribution in [-0.2, 0) is 47.4 Å². The second kappa shape index (κ2) is 20.1. The fourth-order valence-corrected chi connectivity index (χ4v) is 7.34. The molecular weight excluding hydrogens is 798 g/mol. The van der Waals surface area contributed by atoms with Gasteiger partial charge in [-0.15, -0.1) is 0 Å². The quantitative estimate of drug-likeness (QED) is 0.0818. The predicted octanol–water partition coefficient (Wildman–Crippen LogP) is -10.8. The van der Waals surface area contributed by atoms with Crippen LogP contribution in [0.4, 0.5) is 0 Å². The summed E-state index contributed by atoms with van der Waals surface area (Å²) in [5.41, 5.74) is 0. The van der Waals surface area contributed by atoms with Gasteiger partial charge in [0.25, 0.3) is 0 Å². The second-order valence-electron chi connectivity index (χ2n) is 14.7. The number of hydrogen-bond donors (Lipinski definition) is 16. The fourth-order valence-electron chi connectivity index (χ4n) is 7.34. The van der Waals surface area contributed by atoms with Gasteiger partial charge in [0.1, 0.15) is 116 Å². The molecule has 25 atom stereocenters. The number of rotatable bonds is 13. The molecule has 0 spiro atoms.